The largest absolute Gasteiger partial charge is 0.489 e. The summed E-state index contributed by atoms with van der Waals surface area (Å²) < 4.78 is 7.46. The number of carbonyl (C=O) groups is 1. The van der Waals surface area contributed by atoms with E-state index in [1.54, 1.807) is 23.1 Å². The number of hydrogen-bond donors (Lipinski definition) is 1. The molecule has 0 spiro atoms. The molecule has 9 heteroatoms. The first kappa shape index (κ1) is 21.4. The van der Waals surface area contributed by atoms with Crippen LogP contribution < -0.4 is 10.1 Å². The van der Waals surface area contributed by atoms with Crippen molar-refractivity contribution in [3.05, 3.63) is 91.9 Å². The third kappa shape index (κ3) is 5.44. The number of hydrogen-bond acceptors (Lipinski definition) is 5. The summed E-state index contributed by atoms with van der Waals surface area (Å²) in [4.78, 5) is 17.3. The number of para-hydroxylation sites is 1. The lowest BCUT2D eigenvalue weighted by atomic mass is 10.2. The average Bonchev–Trinajstić information content (AvgIpc) is 3.40. The zero-order valence-electron chi connectivity index (χ0n) is 16.5. The summed E-state index contributed by atoms with van der Waals surface area (Å²) in [6.07, 6.45) is 1.55. The molecule has 31 heavy (non-hydrogen) atoms. The first-order valence-electron chi connectivity index (χ1n) is 9.38. The maximum atomic E-state index is 12.5. The molecule has 1 N–H and O–H groups in total. The molecule has 2 aromatic carbocycles. The van der Waals surface area contributed by atoms with Gasteiger partial charge in [-0.2, -0.15) is 0 Å². The number of benzene rings is 2. The zero-order valence-corrected chi connectivity index (χ0v) is 18.8. The van der Waals surface area contributed by atoms with Crippen molar-refractivity contribution in [2.45, 2.75) is 20.1 Å². The minimum atomic E-state index is -0.264. The fraction of sp³-hybridized carbons (Fsp3) is 0.136. The molecule has 0 atom stereocenters. The normalized spacial score (nSPS) is 10.8. The standard InChI is InChI=1S/C22H18Cl2N4O2S/c1-14-4-2-3-5-19(14)30-11-16-9-20(31-12-16)21(29)26-22-25-13-28(27-22)10-15-6-7-17(23)18(24)8-15/h2-9,12-13H,10-11H2,1H3,(H,26,27,29). The van der Waals surface area contributed by atoms with Crippen LogP contribution in [0.2, 0.25) is 10.0 Å². The maximum Gasteiger partial charge on any atom is 0.268 e. The number of ether oxygens (including phenoxy) is 1. The van der Waals surface area contributed by atoms with E-state index in [1.165, 1.54) is 11.3 Å². The third-order valence-electron chi connectivity index (χ3n) is 4.46. The van der Waals surface area contributed by atoms with Gasteiger partial charge in [0.1, 0.15) is 18.7 Å². The number of anilines is 1. The van der Waals surface area contributed by atoms with Gasteiger partial charge in [-0.05, 0) is 47.7 Å². The van der Waals surface area contributed by atoms with Crippen LogP contribution in [0.5, 0.6) is 5.75 Å². The summed E-state index contributed by atoms with van der Waals surface area (Å²) in [6.45, 7) is 2.85. The fourth-order valence-corrected chi connectivity index (χ4v) is 3.98. The van der Waals surface area contributed by atoms with E-state index in [9.17, 15) is 4.79 Å². The van der Waals surface area contributed by atoms with E-state index in [2.05, 4.69) is 15.4 Å². The topological polar surface area (TPSA) is 69.0 Å². The van der Waals surface area contributed by atoms with E-state index in [-0.39, 0.29) is 11.9 Å². The van der Waals surface area contributed by atoms with Gasteiger partial charge in [0.25, 0.3) is 5.91 Å². The summed E-state index contributed by atoms with van der Waals surface area (Å²) >= 11 is 13.3. The summed E-state index contributed by atoms with van der Waals surface area (Å²) in [7, 11) is 0. The Hall–Kier alpha value is -2.87. The highest BCUT2D eigenvalue weighted by molar-refractivity contribution is 7.12. The van der Waals surface area contributed by atoms with Crippen LogP contribution in [0.1, 0.15) is 26.4 Å². The quantitative estimate of drug-likeness (QED) is 0.367. The Morgan fingerprint density at radius 3 is 2.77 bits per heavy atom. The van der Waals surface area contributed by atoms with Gasteiger partial charge in [-0.3, -0.25) is 10.1 Å². The van der Waals surface area contributed by atoms with Crippen LogP contribution in [-0.4, -0.2) is 20.7 Å². The van der Waals surface area contributed by atoms with Crippen LogP contribution >= 0.6 is 34.5 Å². The lowest BCUT2D eigenvalue weighted by Gasteiger charge is -2.07. The Bertz CT molecular complexity index is 1220. The van der Waals surface area contributed by atoms with Crippen LogP contribution in [0, 0.1) is 6.92 Å². The molecular weight excluding hydrogens is 455 g/mol. The number of rotatable bonds is 7. The van der Waals surface area contributed by atoms with Gasteiger partial charge in [0, 0.05) is 5.56 Å². The van der Waals surface area contributed by atoms with Gasteiger partial charge in [0.05, 0.1) is 21.5 Å². The highest BCUT2D eigenvalue weighted by atomic mass is 35.5. The van der Waals surface area contributed by atoms with Gasteiger partial charge < -0.3 is 4.74 Å². The molecular formula is C22H18Cl2N4O2S. The van der Waals surface area contributed by atoms with Crippen LogP contribution in [0.3, 0.4) is 0 Å². The second-order valence-electron chi connectivity index (χ2n) is 6.84. The molecule has 0 unspecified atom stereocenters. The van der Waals surface area contributed by atoms with Gasteiger partial charge in [0.2, 0.25) is 5.95 Å². The first-order valence-corrected chi connectivity index (χ1v) is 11.0. The molecule has 6 nitrogen and oxygen atoms in total. The molecule has 0 saturated carbocycles. The van der Waals surface area contributed by atoms with E-state index in [0.717, 1.165) is 22.4 Å². The average molecular weight is 473 g/mol. The Labute approximate surface area is 193 Å². The van der Waals surface area contributed by atoms with Crippen molar-refractivity contribution in [2.24, 2.45) is 0 Å². The predicted octanol–water partition coefficient (Wildman–Crippen LogP) is 5.83. The number of carbonyl (C=O) groups excluding carboxylic acids is 1. The number of amides is 1. The van der Waals surface area contributed by atoms with Crippen LogP contribution in [0.4, 0.5) is 5.95 Å². The number of aromatic nitrogens is 3. The van der Waals surface area contributed by atoms with Gasteiger partial charge >= 0.3 is 0 Å². The summed E-state index contributed by atoms with van der Waals surface area (Å²) in [5, 5.41) is 9.90. The van der Waals surface area contributed by atoms with Crippen molar-refractivity contribution in [2.75, 3.05) is 5.32 Å². The van der Waals surface area contributed by atoms with Gasteiger partial charge in [-0.25, -0.2) is 9.67 Å². The van der Waals surface area contributed by atoms with Crippen LogP contribution in [0.15, 0.2) is 60.2 Å². The molecule has 0 aliphatic carbocycles. The monoisotopic (exact) mass is 472 g/mol. The molecule has 4 rings (SSSR count). The minimum Gasteiger partial charge on any atom is -0.489 e. The first-order chi connectivity index (χ1) is 15.0. The molecule has 0 fully saturated rings. The molecule has 2 heterocycles. The molecule has 0 radical (unpaired) electrons. The zero-order chi connectivity index (χ0) is 21.8. The summed E-state index contributed by atoms with van der Waals surface area (Å²) in [6, 6.07) is 15.0. The fourth-order valence-electron chi connectivity index (χ4n) is 2.87. The Morgan fingerprint density at radius 2 is 1.97 bits per heavy atom. The Kier molecular flexibility index (Phi) is 6.56. The number of aryl methyl sites for hydroxylation is 1. The van der Waals surface area contributed by atoms with E-state index >= 15 is 0 Å². The van der Waals surface area contributed by atoms with Crippen molar-refractivity contribution in [3.8, 4) is 5.75 Å². The molecule has 0 bridgehead atoms. The number of nitrogens with one attached hydrogen (secondary N) is 1. The number of nitrogens with zero attached hydrogens (tertiary/aromatic N) is 3. The van der Waals surface area contributed by atoms with Crippen molar-refractivity contribution in [3.63, 3.8) is 0 Å². The smallest absolute Gasteiger partial charge is 0.268 e. The second kappa shape index (κ2) is 9.51. The minimum absolute atomic E-state index is 0.233. The van der Waals surface area contributed by atoms with E-state index in [4.69, 9.17) is 27.9 Å². The van der Waals surface area contributed by atoms with Crippen LogP contribution in [0.25, 0.3) is 0 Å². The Morgan fingerprint density at radius 1 is 1.13 bits per heavy atom. The van der Waals surface area contributed by atoms with Crippen LogP contribution in [-0.2, 0) is 13.2 Å². The van der Waals surface area contributed by atoms with Gasteiger partial charge in [0.15, 0.2) is 0 Å². The molecule has 1 amide bonds. The highest BCUT2D eigenvalue weighted by Gasteiger charge is 2.13. The molecule has 0 aliphatic rings. The molecule has 4 aromatic rings. The number of thiophene rings is 1. The van der Waals surface area contributed by atoms with Gasteiger partial charge in [-0.1, -0.05) is 47.5 Å². The number of halogens is 2. The van der Waals surface area contributed by atoms with Gasteiger partial charge in [-0.15, -0.1) is 16.4 Å². The van der Waals surface area contributed by atoms with E-state index in [0.29, 0.717) is 28.1 Å². The van der Waals surface area contributed by atoms with Crippen molar-refractivity contribution in [1.82, 2.24) is 14.8 Å². The highest BCUT2D eigenvalue weighted by Crippen LogP contribution is 2.23. The maximum absolute atomic E-state index is 12.5. The Balaban J connectivity index is 1.34. The van der Waals surface area contributed by atoms with Crippen molar-refractivity contribution < 1.29 is 9.53 Å². The van der Waals surface area contributed by atoms with E-state index in [1.807, 2.05) is 48.7 Å². The molecule has 0 saturated heterocycles. The van der Waals surface area contributed by atoms with E-state index < -0.39 is 0 Å². The van der Waals surface area contributed by atoms with Crippen molar-refractivity contribution in [1.29, 1.82) is 0 Å². The lowest BCUT2D eigenvalue weighted by Crippen LogP contribution is -2.12. The molecule has 158 valence electrons. The lowest BCUT2D eigenvalue weighted by molar-refractivity contribution is 0.102. The molecule has 0 aliphatic heterocycles. The second-order valence-corrected chi connectivity index (χ2v) is 8.57. The third-order valence-corrected chi connectivity index (χ3v) is 6.17. The van der Waals surface area contributed by atoms with Crippen molar-refractivity contribution >= 4 is 46.4 Å². The molecule has 2 aromatic heterocycles. The summed E-state index contributed by atoms with van der Waals surface area (Å²) in [5.41, 5.74) is 2.92. The summed E-state index contributed by atoms with van der Waals surface area (Å²) in [5.74, 6) is 0.798. The predicted molar refractivity (Wildman–Crippen MR) is 123 cm³/mol. The SMILES string of the molecule is Cc1ccccc1OCc1csc(C(=O)Nc2ncn(Cc3ccc(Cl)c(Cl)c3)n2)c1.